The Balaban J connectivity index is 1.94. The number of piperazine rings is 1. The molecule has 6 nitrogen and oxygen atoms in total. The molecule has 1 aliphatic heterocycles. The van der Waals surface area contributed by atoms with Crippen molar-refractivity contribution in [3.05, 3.63) is 23.2 Å². The highest BCUT2D eigenvalue weighted by molar-refractivity contribution is 6.32. The highest BCUT2D eigenvalue weighted by Crippen LogP contribution is 2.27. The average Bonchev–Trinajstić information content (AvgIpc) is 2.47. The number of anilines is 1. The summed E-state index contributed by atoms with van der Waals surface area (Å²) in [7, 11) is 1.53. The van der Waals surface area contributed by atoms with E-state index >= 15 is 0 Å². The number of urea groups is 1. The second-order valence-electron chi connectivity index (χ2n) is 4.41. The molecule has 1 fully saturated rings. The van der Waals surface area contributed by atoms with Crippen LogP contribution in [0.5, 0.6) is 5.75 Å². The molecule has 20 heavy (non-hydrogen) atoms. The molecule has 0 atom stereocenters. The molecule has 0 unspecified atom stereocenters. The van der Waals surface area contributed by atoms with Crippen LogP contribution in [0.15, 0.2) is 18.2 Å². The number of carbonyl (C=O) groups is 2. The maximum absolute atomic E-state index is 12.1. The minimum absolute atomic E-state index is 0.197. The van der Waals surface area contributed by atoms with E-state index in [0.717, 1.165) is 6.41 Å². The summed E-state index contributed by atoms with van der Waals surface area (Å²) in [6.07, 6.45) is 0.804. The number of amides is 3. The van der Waals surface area contributed by atoms with Crippen LogP contribution in [0.3, 0.4) is 0 Å². The fourth-order valence-corrected chi connectivity index (χ4v) is 2.23. The van der Waals surface area contributed by atoms with E-state index in [1.807, 2.05) is 0 Å². The molecule has 0 aliphatic carbocycles. The molecule has 1 N–H and O–H groups in total. The Morgan fingerprint density at radius 1 is 1.35 bits per heavy atom. The molecule has 108 valence electrons. The van der Waals surface area contributed by atoms with Crippen molar-refractivity contribution in [3.8, 4) is 5.75 Å². The van der Waals surface area contributed by atoms with Gasteiger partial charge >= 0.3 is 6.03 Å². The molecular formula is C13H16ClN3O3. The quantitative estimate of drug-likeness (QED) is 0.863. The Bertz CT molecular complexity index is 502. The second-order valence-corrected chi connectivity index (χ2v) is 4.82. The molecule has 0 radical (unpaired) electrons. The first kappa shape index (κ1) is 14.5. The van der Waals surface area contributed by atoms with E-state index < -0.39 is 0 Å². The zero-order valence-electron chi connectivity index (χ0n) is 11.1. The number of hydrogen-bond donors (Lipinski definition) is 1. The summed E-state index contributed by atoms with van der Waals surface area (Å²) in [5, 5.41) is 3.22. The lowest BCUT2D eigenvalue weighted by atomic mass is 10.3. The van der Waals surface area contributed by atoms with Gasteiger partial charge in [-0.25, -0.2) is 4.79 Å². The van der Waals surface area contributed by atoms with Crippen molar-refractivity contribution in [2.45, 2.75) is 0 Å². The van der Waals surface area contributed by atoms with Gasteiger partial charge in [-0.2, -0.15) is 0 Å². The zero-order valence-corrected chi connectivity index (χ0v) is 11.9. The van der Waals surface area contributed by atoms with E-state index in [2.05, 4.69) is 5.32 Å². The molecule has 0 spiro atoms. The molecule has 0 aromatic heterocycles. The SMILES string of the molecule is COc1ccc(NC(=O)N2CCN(C=O)CC2)cc1Cl. The maximum Gasteiger partial charge on any atom is 0.321 e. The lowest BCUT2D eigenvalue weighted by Crippen LogP contribution is -2.49. The average molecular weight is 298 g/mol. The van der Waals surface area contributed by atoms with Crippen LogP contribution in [0.25, 0.3) is 0 Å². The van der Waals surface area contributed by atoms with Gasteiger partial charge in [0.15, 0.2) is 0 Å². The lowest BCUT2D eigenvalue weighted by Gasteiger charge is -2.32. The van der Waals surface area contributed by atoms with E-state index in [-0.39, 0.29) is 6.03 Å². The first-order valence-electron chi connectivity index (χ1n) is 6.23. The van der Waals surface area contributed by atoms with Crippen LogP contribution in [0.1, 0.15) is 0 Å². The van der Waals surface area contributed by atoms with E-state index in [9.17, 15) is 9.59 Å². The summed E-state index contributed by atoms with van der Waals surface area (Å²) in [6, 6.07) is 4.86. The summed E-state index contributed by atoms with van der Waals surface area (Å²) in [5.41, 5.74) is 0.610. The highest BCUT2D eigenvalue weighted by atomic mass is 35.5. The molecule has 2 rings (SSSR count). The van der Waals surface area contributed by atoms with Crippen molar-refractivity contribution in [1.82, 2.24) is 9.80 Å². The Kier molecular flexibility index (Phi) is 4.68. The molecule has 0 bridgehead atoms. The Hall–Kier alpha value is -1.95. The standard InChI is InChI=1S/C13H16ClN3O3/c1-20-12-3-2-10(8-11(12)14)15-13(19)17-6-4-16(9-18)5-7-17/h2-3,8-9H,4-7H2,1H3,(H,15,19). The minimum atomic E-state index is -0.197. The summed E-state index contributed by atoms with van der Waals surface area (Å²) in [4.78, 5) is 26.0. The second kappa shape index (κ2) is 6.47. The van der Waals surface area contributed by atoms with Crippen LogP contribution in [-0.4, -0.2) is 55.5 Å². The minimum Gasteiger partial charge on any atom is -0.495 e. The molecule has 1 aliphatic rings. The van der Waals surface area contributed by atoms with Gasteiger partial charge in [0.25, 0.3) is 0 Å². The predicted molar refractivity (Wildman–Crippen MR) is 76.2 cm³/mol. The fraction of sp³-hybridized carbons (Fsp3) is 0.385. The van der Waals surface area contributed by atoms with Crippen molar-refractivity contribution in [2.24, 2.45) is 0 Å². The van der Waals surface area contributed by atoms with Crippen molar-refractivity contribution in [2.75, 3.05) is 38.6 Å². The third-order valence-electron chi connectivity index (χ3n) is 3.15. The van der Waals surface area contributed by atoms with E-state index in [0.29, 0.717) is 42.6 Å². The molecule has 1 aromatic carbocycles. The first-order valence-corrected chi connectivity index (χ1v) is 6.60. The summed E-state index contributed by atoms with van der Waals surface area (Å²) in [6.45, 7) is 2.16. The molecule has 7 heteroatoms. The van der Waals surface area contributed by atoms with Crippen LogP contribution in [0.4, 0.5) is 10.5 Å². The van der Waals surface area contributed by atoms with Gasteiger partial charge in [0.05, 0.1) is 12.1 Å². The van der Waals surface area contributed by atoms with Crippen molar-refractivity contribution >= 4 is 29.7 Å². The van der Waals surface area contributed by atoms with Crippen LogP contribution in [0.2, 0.25) is 5.02 Å². The maximum atomic E-state index is 12.1. The van der Waals surface area contributed by atoms with Gasteiger partial charge in [0.2, 0.25) is 6.41 Å². The third kappa shape index (κ3) is 3.33. The number of halogens is 1. The predicted octanol–water partition coefficient (Wildman–Crippen LogP) is 1.65. The first-order chi connectivity index (χ1) is 9.63. The number of rotatable bonds is 3. The smallest absolute Gasteiger partial charge is 0.321 e. The molecule has 3 amide bonds. The van der Waals surface area contributed by atoms with Crippen molar-refractivity contribution < 1.29 is 14.3 Å². The van der Waals surface area contributed by atoms with Gasteiger partial charge in [-0.05, 0) is 18.2 Å². The number of carbonyl (C=O) groups excluding carboxylic acids is 2. The number of nitrogens with zero attached hydrogens (tertiary/aromatic N) is 2. The molecule has 1 saturated heterocycles. The van der Waals surface area contributed by atoms with Crippen LogP contribution in [0, 0.1) is 0 Å². The fourth-order valence-electron chi connectivity index (χ4n) is 1.98. The monoisotopic (exact) mass is 297 g/mol. The van der Waals surface area contributed by atoms with Crippen LogP contribution in [-0.2, 0) is 4.79 Å². The number of benzene rings is 1. The molecule has 1 aromatic rings. The van der Waals surface area contributed by atoms with Gasteiger partial charge in [-0.3, -0.25) is 4.79 Å². The summed E-state index contributed by atoms with van der Waals surface area (Å²) >= 11 is 6.00. The Morgan fingerprint density at radius 2 is 2.05 bits per heavy atom. The molecular weight excluding hydrogens is 282 g/mol. The molecule has 0 saturated carbocycles. The van der Waals surface area contributed by atoms with Gasteiger partial charge in [0.1, 0.15) is 5.75 Å². The van der Waals surface area contributed by atoms with Gasteiger partial charge in [-0.1, -0.05) is 11.6 Å². The lowest BCUT2D eigenvalue weighted by molar-refractivity contribution is -0.119. The zero-order chi connectivity index (χ0) is 14.5. The van der Waals surface area contributed by atoms with Gasteiger partial charge in [0, 0.05) is 31.9 Å². The number of methoxy groups -OCH3 is 1. The van der Waals surface area contributed by atoms with E-state index in [4.69, 9.17) is 16.3 Å². The van der Waals surface area contributed by atoms with E-state index in [1.54, 1.807) is 28.0 Å². The third-order valence-corrected chi connectivity index (χ3v) is 3.45. The van der Waals surface area contributed by atoms with Crippen LogP contribution >= 0.6 is 11.6 Å². The van der Waals surface area contributed by atoms with Crippen molar-refractivity contribution in [3.63, 3.8) is 0 Å². The van der Waals surface area contributed by atoms with Gasteiger partial charge < -0.3 is 19.9 Å². The van der Waals surface area contributed by atoms with Gasteiger partial charge in [-0.15, -0.1) is 0 Å². The van der Waals surface area contributed by atoms with E-state index in [1.165, 1.54) is 7.11 Å². The normalized spacial score (nSPS) is 14.9. The topological polar surface area (TPSA) is 61.9 Å². The van der Waals surface area contributed by atoms with Crippen molar-refractivity contribution in [1.29, 1.82) is 0 Å². The number of hydrogen-bond acceptors (Lipinski definition) is 3. The Morgan fingerprint density at radius 3 is 2.60 bits per heavy atom. The van der Waals surface area contributed by atoms with Crippen LogP contribution < -0.4 is 10.1 Å². The highest BCUT2D eigenvalue weighted by Gasteiger charge is 2.20. The summed E-state index contributed by atoms with van der Waals surface area (Å²) < 4.78 is 5.05. The number of nitrogens with one attached hydrogen (secondary N) is 1. The molecule has 1 heterocycles. The number of ether oxygens (including phenoxy) is 1. The summed E-state index contributed by atoms with van der Waals surface area (Å²) in [5.74, 6) is 0.560. The largest absolute Gasteiger partial charge is 0.495 e. The Labute approximate surface area is 122 Å².